The van der Waals surface area contributed by atoms with Gasteiger partial charge in [-0.2, -0.15) is 5.10 Å². The van der Waals surface area contributed by atoms with Crippen LogP contribution in [0, 0.1) is 13.8 Å². The number of carbonyl (C=O) groups excluding carboxylic acids is 1. The molecule has 0 aliphatic rings. The number of hydrogen-bond donors (Lipinski definition) is 1. The van der Waals surface area contributed by atoms with Gasteiger partial charge in [-0.15, -0.1) is 0 Å². The average Bonchev–Trinajstić information content (AvgIpc) is 2.45. The molecule has 0 saturated heterocycles. The van der Waals surface area contributed by atoms with Gasteiger partial charge in [-0.05, 0) is 48.2 Å². The minimum absolute atomic E-state index is 0.119. The fourth-order valence-corrected chi connectivity index (χ4v) is 2.13. The lowest BCUT2D eigenvalue weighted by molar-refractivity contribution is -0.120. The van der Waals surface area contributed by atoms with Gasteiger partial charge in [-0.3, -0.25) is 4.79 Å². The zero-order valence-electron chi connectivity index (χ0n) is 12.1. The summed E-state index contributed by atoms with van der Waals surface area (Å²) in [5.41, 5.74) is 6.90. The Bertz CT molecular complexity index is 663. The number of hydrazone groups is 1. The molecule has 0 heterocycles. The summed E-state index contributed by atoms with van der Waals surface area (Å²) >= 11 is 3.37. The van der Waals surface area contributed by atoms with E-state index in [1.54, 1.807) is 6.21 Å². The van der Waals surface area contributed by atoms with Crippen molar-refractivity contribution in [3.8, 4) is 0 Å². The van der Waals surface area contributed by atoms with Gasteiger partial charge in [0, 0.05) is 4.47 Å². The molecule has 21 heavy (non-hydrogen) atoms. The zero-order chi connectivity index (χ0) is 15.2. The Morgan fingerprint density at radius 2 is 1.86 bits per heavy atom. The van der Waals surface area contributed by atoms with Crippen LogP contribution in [-0.2, 0) is 11.2 Å². The van der Waals surface area contributed by atoms with Crippen LogP contribution < -0.4 is 5.43 Å². The summed E-state index contributed by atoms with van der Waals surface area (Å²) in [5.74, 6) is -0.119. The fraction of sp³-hybridized carbons (Fsp3) is 0.176. The van der Waals surface area contributed by atoms with Crippen molar-refractivity contribution in [2.45, 2.75) is 20.3 Å². The maximum atomic E-state index is 11.8. The predicted molar refractivity (Wildman–Crippen MR) is 89.5 cm³/mol. The van der Waals surface area contributed by atoms with E-state index >= 15 is 0 Å². The average molecular weight is 345 g/mol. The number of amides is 1. The van der Waals surface area contributed by atoms with E-state index in [4.69, 9.17) is 0 Å². The standard InChI is InChI=1S/C17H17BrN2O/c1-12-3-4-15(9-13(12)2)10-17(21)20-19-11-14-5-7-16(18)8-6-14/h3-9,11H,10H2,1-2H3,(H,20,21)/b19-11-. The molecule has 0 unspecified atom stereocenters. The molecule has 0 fully saturated rings. The third kappa shape index (κ3) is 4.83. The molecular formula is C17H17BrN2O. The molecule has 0 aliphatic heterocycles. The number of rotatable bonds is 4. The Hall–Kier alpha value is -1.94. The Morgan fingerprint density at radius 3 is 2.52 bits per heavy atom. The van der Waals surface area contributed by atoms with Crippen LogP contribution in [0.2, 0.25) is 0 Å². The molecule has 0 atom stereocenters. The third-order valence-electron chi connectivity index (χ3n) is 3.21. The first-order valence-corrected chi connectivity index (χ1v) is 7.47. The van der Waals surface area contributed by atoms with Crippen LogP contribution in [0.15, 0.2) is 52.0 Å². The number of nitrogens with one attached hydrogen (secondary N) is 1. The van der Waals surface area contributed by atoms with Crippen LogP contribution in [0.5, 0.6) is 0 Å². The van der Waals surface area contributed by atoms with E-state index in [1.165, 1.54) is 11.1 Å². The smallest absolute Gasteiger partial charge is 0.244 e. The van der Waals surface area contributed by atoms with Crippen molar-refractivity contribution in [2.75, 3.05) is 0 Å². The maximum Gasteiger partial charge on any atom is 0.244 e. The van der Waals surface area contributed by atoms with Crippen molar-refractivity contribution in [3.63, 3.8) is 0 Å². The summed E-state index contributed by atoms with van der Waals surface area (Å²) in [7, 11) is 0. The molecule has 0 aromatic heterocycles. The normalized spacial score (nSPS) is 10.8. The molecule has 1 N–H and O–H groups in total. The number of halogens is 1. The predicted octanol–water partition coefficient (Wildman–Crippen LogP) is 3.76. The maximum absolute atomic E-state index is 11.8. The summed E-state index contributed by atoms with van der Waals surface area (Å²) in [6, 6.07) is 13.7. The molecular weight excluding hydrogens is 328 g/mol. The highest BCUT2D eigenvalue weighted by Gasteiger charge is 2.03. The van der Waals surface area contributed by atoms with E-state index in [9.17, 15) is 4.79 Å². The molecule has 2 aromatic carbocycles. The summed E-state index contributed by atoms with van der Waals surface area (Å²) in [4.78, 5) is 11.8. The van der Waals surface area contributed by atoms with Crippen LogP contribution >= 0.6 is 15.9 Å². The van der Waals surface area contributed by atoms with Crippen molar-refractivity contribution in [1.82, 2.24) is 5.43 Å². The summed E-state index contributed by atoms with van der Waals surface area (Å²) in [6.45, 7) is 4.10. The van der Waals surface area contributed by atoms with Crippen molar-refractivity contribution >= 4 is 28.1 Å². The van der Waals surface area contributed by atoms with Gasteiger partial charge in [-0.1, -0.05) is 46.3 Å². The van der Waals surface area contributed by atoms with Crippen molar-refractivity contribution in [2.24, 2.45) is 5.10 Å². The molecule has 0 spiro atoms. The van der Waals surface area contributed by atoms with Crippen molar-refractivity contribution < 1.29 is 4.79 Å². The van der Waals surface area contributed by atoms with E-state index in [-0.39, 0.29) is 5.91 Å². The van der Waals surface area contributed by atoms with E-state index in [2.05, 4.69) is 33.4 Å². The van der Waals surface area contributed by atoms with E-state index in [1.807, 2.05) is 49.4 Å². The van der Waals surface area contributed by atoms with Crippen LogP contribution in [0.1, 0.15) is 22.3 Å². The topological polar surface area (TPSA) is 41.5 Å². The van der Waals surface area contributed by atoms with Gasteiger partial charge in [-0.25, -0.2) is 5.43 Å². The SMILES string of the molecule is Cc1ccc(CC(=O)N/N=C\c2ccc(Br)cc2)cc1C. The summed E-state index contributed by atoms with van der Waals surface area (Å²) in [5, 5.41) is 3.97. The molecule has 3 nitrogen and oxygen atoms in total. The second-order valence-electron chi connectivity index (χ2n) is 4.94. The molecule has 0 saturated carbocycles. The Labute approximate surface area is 133 Å². The van der Waals surface area contributed by atoms with E-state index in [0.717, 1.165) is 15.6 Å². The third-order valence-corrected chi connectivity index (χ3v) is 3.74. The lowest BCUT2D eigenvalue weighted by Gasteiger charge is -2.04. The van der Waals surface area contributed by atoms with Gasteiger partial charge >= 0.3 is 0 Å². The van der Waals surface area contributed by atoms with Gasteiger partial charge < -0.3 is 0 Å². The minimum atomic E-state index is -0.119. The zero-order valence-corrected chi connectivity index (χ0v) is 13.6. The quantitative estimate of drug-likeness (QED) is 0.665. The molecule has 2 aromatic rings. The molecule has 1 amide bonds. The van der Waals surface area contributed by atoms with Gasteiger partial charge in [0.2, 0.25) is 5.91 Å². The van der Waals surface area contributed by atoms with Crippen LogP contribution in [0.3, 0.4) is 0 Å². The number of carbonyl (C=O) groups is 1. The molecule has 108 valence electrons. The van der Waals surface area contributed by atoms with Crippen LogP contribution in [-0.4, -0.2) is 12.1 Å². The van der Waals surface area contributed by atoms with Crippen molar-refractivity contribution in [3.05, 3.63) is 69.2 Å². The van der Waals surface area contributed by atoms with Crippen LogP contribution in [0.25, 0.3) is 0 Å². The first kappa shape index (κ1) is 15.4. The number of hydrogen-bond acceptors (Lipinski definition) is 2. The monoisotopic (exact) mass is 344 g/mol. The lowest BCUT2D eigenvalue weighted by Crippen LogP contribution is -2.19. The minimum Gasteiger partial charge on any atom is -0.273 e. The highest BCUT2D eigenvalue weighted by atomic mass is 79.9. The largest absolute Gasteiger partial charge is 0.273 e. The van der Waals surface area contributed by atoms with Gasteiger partial charge in [0.05, 0.1) is 12.6 Å². The molecule has 0 aliphatic carbocycles. The molecule has 2 rings (SSSR count). The fourth-order valence-electron chi connectivity index (χ4n) is 1.87. The van der Waals surface area contributed by atoms with Gasteiger partial charge in [0.25, 0.3) is 0 Å². The van der Waals surface area contributed by atoms with Crippen LogP contribution in [0.4, 0.5) is 0 Å². The second kappa shape index (κ2) is 7.18. The van der Waals surface area contributed by atoms with Crippen molar-refractivity contribution in [1.29, 1.82) is 0 Å². The van der Waals surface area contributed by atoms with Gasteiger partial charge in [0.1, 0.15) is 0 Å². The molecule has 0 bridgehead atoms. The highest BCUT2D eigenvalue weighted by molar-refractivity contribution is 9.10. The summed E-state index contributed by atoms with van der Waals surface area (Å²) in [6.07, 6.45) is 1.96. The summed E-state index contributed by atoms with van der Waals surface area (Å²) < 4.78 is 1.01. The van der Waals surface area contributed by atoms with E-state index < -0.39 is 0 Å². The lowest BCUT2D eigenvalue weighted by atomic mass is 10.0. The number of aryl methyl sites for hydroxylation is 2. The van der Waals surface area contributed by atoms with Gasteiger partial charge in [0.15, 0.2) is 0 Å². The van der Waals surface area contributed by atoms with E-state index in [0.29, 0.717) is 6.42 Å². The molecule has 0 radical (unpaired) electrons. The highest BCUT2D eigenvalue weighted by Crippen LogP contribution is 2.10. The first-order chi connectivity index (χ1) is 10.0. The second-order valence-corrected chi connectivity index (χ2v) is 5.86. The Kier molecular flexibility index (Phi) is 5.28. The Balaban J connectivity index is 1.89. The number of nitrogens with zero attached hydrogens (tertiary/aromatic N) is 1. The Morgan fingerprint density at radius 1 is 1.14 bits per heavy atom. The first-order valence-electron chi connectivity index (χ1n) is 6.68. The molecule has 4 heteroatoms. The number of benzene rings is 2.